The van der Waals surface area contributed by atoms with Gasteiger partial charge in [-0.15, -0.1) is 0 Å². The number of hydrogen-bond donors (Lipinski definition) is 1. The molecule has 4 nitrogen and oxygen atoms in total. The Morgan fingerprint density at radius 1 is 1.28 bits per heavy atom. The van der Waals surface area contributed by atoms with Gasteiger partial charge < -0.3 is 15.0 Å². The molecule has 1 atom stereocenters. The molecule has 0 rings (SSSR count). The molecule has 1 N–H and O–H groups in total. The van der Waals surface area contributed by atoms with Gasteiger partial charge in [0.25, 0.3) is 0 Å². The van der Waals surface area contributed by atoms with E-state index in [1.807, 2.05) is 14.0 Å². The van der Waals surface area contributed by atoms with Gasteiger partial charge in [-0.2, -0.15) is 0 Å². The van der Waals surface area contributed by atoms with E-state index in [0.29, 0.717) is 0 Å². The van der Waals surface area contributed by atoms with Crippen molar-refractivity contribution in [2.75, 3.05) is 34.3 Å². The van der Waals surface area contributed by atoms with Gasteiger partial charge in [-0.05, 0) is 59.8 Å². The van der Waals surface area contributed by atoms with Gasteiger partial charge in [0.15, 0.2) is 0 Å². The average Bonchev–Trinajstić information content (AvgIpc) is 2.39. The number of rotatable bonds is 10. The van der Waals surface area contributed by atoms with Gasteiger partial charge in [0, 0.05) is 0 Å². The molecule has 0 saturated heterocycles. The van der Waals surface area contributed by atoms with Crippen molar-refractivity contribution in [3.05, 3.63) is 0 Å². The van der Waals surface area contributed by atoms with Crippen LogP contribution in [0.1, 0.15) is 46.0 Å². The smallest absolute Gasteiger partial charge is 0.325 e. The minimum Gasteiger partial charge on any atom is -0.468 e. The van der Waals surface area contributed by atoms with Crippen LogP contribution in [0.3, 0.4) is 0 Å². The number of likely N-dealkylation sites (N-methyl/N-ethyl adjacent to an activating group) is 1. The van der Waals surface area contributed by atoms with Crippen molar-refractivity contribution in [1.29, 1.82) is 0 Å². The van der Waals surface area contributed by atoms with Crippen molar-refractivity contribution in [3.63, 3.8) is 0 Å². The van der Waals surface area contributed by atoms with Crippen LogP contribution in [-0.2, 0) is 9.53 Å². The molecule has 0 aliphatic carbocycles. The van der Waals surface area contributed by atoms with Crippen LogP contribution < -0.4 is 5.32 Å². The van der Waals surface area contributed by atoms with Crippen LogP contribution in [0.15, 0.2) is 0 Å². The van der Waals surface area contributed by atoms with Gasteiger partial charge in [0.1, 0.15) is 5.54 Å². The Morgan fingerprint density at radius 3 is 2.39 bits per heavy atom. The summed E-state index contributed by atoms with van der Waals surface area (Å²) in [6.07, 6.45) is 5.46. The first-order valence-electron chi connectivity index (χ1n) is 6.96. The van der Waals surface area contributed by atoms with E-state index in [9.17, 15) is 4.79 Å². The predicted molar refractivity (Wildman–Crippen MR) is 75.7 cm³/mol. The van der Waals surface area contributed by atoms with E-state index in [1.165, 1.54) is 20.0 Å². The summed E-state index contributed by atoms with van der Waals surface area (Å²) < 4.78 is 4.83. The quantitative estimate of drug-likeness (QED) is 0.481. The molecule has 0 fully saturated rings. The third-order valence-electron chi connectivity index (χ3n) is 3.55. The van der Waals surface area contributed by atoms with Crippen molar-refractivity contribution < 1.29 is 9.53 Å². The monoisotopic (exact) mass is 258 g/mol. The lowest BCUT2D eigenvalue weighted by molar-refractivity contribution is -0.148. The molecule has 0 spiro atoms. The van der Waals surface area contributed by atoms with Crippen LogP contribution in [-0.4, -0.2) is 50.7 Å². The molecule has 0 aromatic heterocycles. The minimum atomic E-state index is -0.545. The summed E-state index contributed by atoms with van der Waals surface area (Å²) in [4.78, 5) is 14.0. The molecule has 1 unspecified atom stereocenters. The Labute approximate surface area is 112 Å². The second-order valence-electron chi connectivity index (χ2n) is 5.19. The number of carbonyl (C=O) groups excluding carboxylic acids is 1. The van der Waals surface area contributed by atoms with Gasteiger partial charge in [-0.1, -0.05) is 13.3 Å². The zero-order valence-corrected chi connectivity index (χ0v) is 12.7. The highest BCUT2D eigenvalue weighted by atomic mass is 16.5. The number of nitrogens with zero attached hydrogens (tertiary/aromatic N) is 1. The van der Waals surface area contributed by atoms with Crippen LogP contribution in [0.2, 0.25) is 0 Å². The van der Waals surface area contributed by atoms with E-state index in [2.05, 4.69) is 24.2 Å². The highest BCUT2D eigenvalue weighted by Gasteiger charge is 2.31. The van der Waals surface area contributed by atoms with Crippen LogP contribution in [0.4, 0.5) is 0 Å². The summed E-state index contributed by atoms with van der Waals surface area (Å²) >= 11 is 0. The summed E-state index contributed by atoms with van der Waals surface area (Å²) in [6.45, 7) is 6.37. The molecule has 0 aromatic carbocycles. The number of unbranched alkanes of at least 4 members (excludes halogenated alkanes) is 2. The van der Waals surface area contributed by atoms with E-state index in [4.69, 9.17) is 4.74 Å². The first-order valence-corrected chi connectivity index (χ1v) is 6.96. The molecule has 0 aliphatic heterocycles. The maximum atomic E-state index is 11.6. The van der Waals surface area contributed by atoms with Crippen LogP contribution in [0, 0.1) is 0 Å². The second kappa shape index (κ2) is 9.34. The third kappa shape index (κ3) is 6.36. The van der Waals surface area contributed by atoms with Crippen molar-refractivity contribution in [1.82, 2.24) is 10.2 Å². The van der Waals surface area contributed by atoms with Crippen molar-refractivity contribution in [3.8, 4) is 0 Å². The summed E-state index contributed by atoms with van der Waals surface area (Å²) in [5, 5.41) is 3.06. The van der Waals surface area contributed by atoms with E-state index in [0.717, 1.165) is 32.4 Å². The Morgan fingerprint density at radius 2 is 1.89 bits per heavy atom. The summed E-state index contributed by atoms with van der Waals surface area (Å²) in [5.74, 6) is -0.177. The fourth-order valence-electron chi connectivity index (χ4n) is 1.95. The number of ether oxygens (including phenoxy) is 1. The van der Waals surface area contributed by atoms with Crippen molar-refractivity contribution in [2.24, 2.45) is 0 Å². The summed E-state index contributed by atoms with van der Waals surface area (Å²) in [7, 11) is 5.41. The van der Waals surface area contributed by atoms with Gasteiger partial charge in [0.05, 0.1) is 7.11 Å². The lowest BCUT2D eigenvalue weighted by Crippen LogP contribution is -2.48. The minimum absolute atomic E-state index is 0.177. The first-order chi connectivity index (χ1) is 8.50. The van der Waals surface area contributed by atoms with Crippen LogP contribution in [0.5, 0.6) is 0 Å². The Bertz CT molecular complexity index is 234. The molecule has 4 heteroatoms. The fraction of sp³-hybridized carbons (Fsp3) is 0.929. The van der Waals surface area contributed by atoms with Crippen LogP contribution in [0.25, 0.3) is 0 Å². The molecule has 0 radical (unpaired) electrons. The largest absolute Gasteiger partial charge is 0.468 e. The second-order valence-corrected chi connectivity index (χ2v) is 5.19. The Hall–Kier alpha value is -0.610. The Kier molecular flexibility index (Phi) is 9.02. The van der Waals surface area contributed by atoms with Crippen LogP contribution >= 0.6 is 0 Å². The van der Waals surface area contributed by atoms with E-state index in [1.54, 1.807) is 0 Å². The number of esters is 1. The average molecular weight is 258 g/mol. The van der Waals surface area contributed by atoms with E-state index >= 15 is 0 Å². The molecule has 0 heterocycles. The molecule has 0 amide bonds. The van der Waals surface area contributed by atoms with Gasteiger partial charge in [0.2, 0.25) is 0 Å². The molecule has 0 bridgehead atoms. The van der Waals surface area contributed by atoms with Crippen molar-refractivity contribution in [2.45, 2.75) is 51.5 Å². The standard InChI is InChI=1S/C14H30N2O2/c1-6-7-11-16(4)12-9-8-10-14(2,15-3)13(17)18-5/h15H,6-12H2,1-5H3. The number of carbonyl (C=O) groups is 1. The molecular formula is C14H30N2O2. The lowest BCUT2D eigenvalue weighted by atomic mass is 9.95. The first kappa shape index (κ1) is 17.4. The van der Waals surface area contributed by atoms with E-state index in [-0.39, 0.29) is 5.97 Å². The zero-order valence-electron chi connectivity index (χ0n) is 12.7. The molecule has 0 aliphatic rings. The normalized spacial score (nSPS) is 14.6. The van der Waals surface area contributed by atoms with Gasteiger partial charge in [-0.3, -0.25) is 4.79 Å². The molecule has 18 heavy (non-hydrogen) atoms. The summed E-state index contributed by atoms with van der Waals surface area (Å²) in [5.41, 5.74) is -0.545. The number of hydrogen-bond acceptors (Lipinski definition) is 4. The topological polar surface area (TPSA) is 41.6 Å². The molecule has 0 saturated carbocycles. The molecular weight excluding hydrogens is 228 g/mol. The molecule has 108 valence electrons. The highest BCUT2D eigenvalue weighted by Crippen LogP contribution is 2.15. The molecule has 0 aromatic rings. The fourth-order valence-corrected chi connectivity index (χ4v) is 1.95. The maximum absolute atomic E-state index is 11.6. The van der Waals surface area contributed by atoms with E-state index < -0.39 is 5.54 Å². The SMILES string of the molecule is CCCCN(C)CCCCC(C)(NC)C(=O)OC. The summed E-state index contributed by atoms with van der Waals surface area (Å²) in [6, 6.07) is 0. The number of methoxy groups -OCH3 is 1. The maximum Gasteiger partial charge on any atom is 0.325 e. The Balaban J connectivity index is 3.84. The van der Waals surface area contributed by atoms with Gasteiger partial charge >= 0.3 is 5.97 Å². The van der Waals surface area contributed by atoms with Crippen molar-refractivity contribution >= 4 is 5.97 Å². The van der Waals surface area contributed by atoms with Gasteiger partial charge in [-0.25, -0.2) is 0 Å². The highest BCUT2D eigenvalue weighted by molar-refractivity contribution is 5.80. The predicted octanol–water partition coefficient (Wildman–Crippen LogP) is 2.04. The third-order valence-corrected chi connectivity index (χ3v) is 3.55. The lowest BCUT2D eigenvalue weighted by Gasteiger charge is -2.26. The zero-order chi connectivity index (χ0) is 14.0. The number of nitrogens with one attached hydrogen (secondary N) is 1.